The molecule has 0 saturated heterocycles. The molecule has 0 heterocycles. The molecule has 1 aromatic carbocycles. The van der Waals surface area contributed by atoms with Crippen LogP contribution in [0.5, 0.6) is 0 Å². The minimum absolute atomic E-state index is 0.584. The van der Waals surface area contributed by atoms with E-state index < -0.39 is 0 Å². The Morgan fingerprint density at radius 1 is 0.933 bits per heavy atom. The Kier molecular flexibility index (Phi) is 3.78. The summed E-state index contributed by atoms with van der Waals surface area (Å²) in [7, 11) is 4.21. The molecule has 0 N–H and O–H groups in total. The Morgan fingerprint density at radius 3 is 1.93 bits per heavy atom. The number of hydrogen-bond donors (Lipinski definition) is 0. The van der Waals surface area contributed by atoms with E-state index in [1.165, 1.54) is 16.8 Å². The molecule has 0 fully saturated rings. The van der Waals surface area contributed by atoms with Crippen LogP contribution in [0.15, 0.2) is 18.2 Å². The molecule has 0 saturated carbocycles. The average molecular weight is 205 g/mol. The molecule has 0 spiro atoms. The number of hydrogen-bond acceptors (Lipinski definition) is 1. The van der Waals surface area contributed by atoms with Gasteiger partial charge in [0.1, 0.15) is 0 Å². The lowest BCUT2D eigenvalue weighted by atomic mass is 9.94. The molecule has 0 aromatic heterocycles. The summed E-state index contributed by atoms with van der Waals surface area (Å²) in [6.07, 6.45) is 0. The number of rotatable bonds is 3. The largest absolute Gasteiger partial charge is 0.377 e. The van der Waals surface area contributed by atoms with E-state index in [4.69, 9.17) is 0 Å². The van der Waals surface area contributed by atoms with Crippen molar-refractivity contribution in [2.45, 2.75) is 39.5 Å². The summed E-state index contributed by atoms with van der Waals surface area (Å²) in [5, 5.41) is 0. The van der Waals surface area contributed by atoms with E-state index >= 15 is 0 Å². The van der Waals surface area contributed by atoms with E-state index in [1.54, 1.807) is 0 Å². The second-order valence-corrected chi connectivity index (χ2v) is 5.02. The standard InChI is InChI=1S/C14H23N/c1-10(2)12-7-8-14(15(5)6)13(9-12)11(3)4/h7-11H,1-6H3. The smallest absolute Gasteiger partial charge is 0.0396 e. The summed E-state index contributed by atoms with van der Waals surface area (Å²) in [5.41, 5.74) is 4.23. The highest BCUT2D eigenvalue weighted by Crippen LogP contribution is 2.29. The predicted molar refractivity (Wildman–Crippen MR) is 68.9 cm³/mol. The molecule has 15 heavy (non-hydrogen) atoms. The van der Waals surface area contributed by atoms with Gasteiger partial charge in [-0.2, -0.15) is 0 Å². The first kappa shape index (κ1) is 12.1. The predicted octanol–water partition coefficient (Wildman–Crippen LogP) is 4.00. The number of nitrogens with zero attached hydrogens (tertiary/aromatic N) is 1. The van der Waals surface area contributed by atoms with Crippen molar-refractivity contribution in [3.05, 3.63) is 29.3 Å². The third-order valence-corrected chi connectivity index (χ3v) is 2.82. The quantitative estimate of drug-likeness (QED) is 0.721. The van der Waals surface area contributed by atoms with Crippen LogP contribution in [0.4, 0.5) is 5.69 Å². The maximum absolute atomic E-state index is 2.35. The highest BCUT2D eigenvalue weighted by atomic mass is 15.1. The van der Waals surface area contributed by atoms with Gasteiger partial charge in [-0.1, -0.05) is 39.8 Å². The molecule has 0 aliphatic heterocycles. The van der Waals surface area contributed by atoms with E-state index in [-0.39, 0.29) is 0 Å². The second-order valence-electron chi connectivity index (χ2n) is 5.02. The Morgan fingerprint density at radius 2 is 1.53 bits per heavy atom. The van der Waals surface area contributed by atoms with Crippen molar-refractivity contribution < 1.29 is 0 Å². The van der Waals surface area contributed by atoms with E-state index in [1.807, 2.05) is 0 Å². The van der Waals surface area contributed by atoms with Crippen LogP contribution in [-0.2, 0) is 0 Å². The third kappa shape index (κ3) is 2.74. The van der Waals surface area contributed by atoms with Gasteiger partial charge in [-0.3, -0.25) is 0 Å². The van der Waals surface area contributed by atoms with Crippen LogP contribution in [0.25, 0.3) is 0 Å². The van der Waals surface area contributed by atoms with Crippen molar-refractivity contribution in [1.82, 2.24) is 0 Å². The maximum Gasteiger partial charge on any atom is 0.0396 e. The number of benzene rings is 1. The summed E-state index contributed by atoms with van der Waals surface area (Å²) in [6, 6.07) is 6.83. The first-order chi connectivity index (χ1) is 6.93. The normalized spacial score (nSPS) is 11.2. The summed E-state index contributed by atoms with van der Waals surface area (Å²) in [6.45, 7) is 9.00. The van der Waals surface area contributed by atoms with Crippen molar-refractivity contribution in [2.24, 2.45) is 0 Å². The molecule has 0 unspecified atom stereocenters. The molecule has 0 bridgehead atoms. The van der Waals surface area contributed by atoms with Crippen LogP contribution in [0.1, 0.15) is 50.7 Å². The van der Waals surface area contributed by atoms with Gasteiger partial charge in [0, 0.05) is 19.8 Å². The Balaban J connectivity index is 3.21. The third-order valence-electron chi connectivity index (χ3n) is 2.82. The van der Waals surface area contributed by atoms with Crippen molar-refractivity contribution in [1.29, 1.82) is 0 Å². The molecule has 1 aromatic rings. The molecular formula is C14H23N. The van der Waals surface area contributed by atoms with Crippen molar-refractivity contribution in [3.8, 4) is 0 Å². The van der Waals surface area contributed by atoms with Gasteiger partial charge in [0.05, 0.1) is 0 Å². The van der Waals surface area contributed by atoms with Gasteiger partial charge in [-0.25, -0.2) is 0 Å². The fourth-order valence-electron chi connectivity index (χ4n) is 1.80. The monoisotopic (exact) mass is 205 g/mol. The van der Waals surface area contributed by atoms with Gasteiger partial charge in [-0.05, 0) is 29.0 Å². The summed E-state index contributed by atoms with van der Waals surface area (Å²) < 4.78 is 0. The lowest BCUT2D eigenvalue weighted by molar-refractivity contribution is 0.829. The minimum atomic E-state index is 0.584. The van der Waals surface area contributed by atoms with Crippen LogP contribution in [0.3, 0.4) is 0 Å². The molecule has 0 aliphatic carbocycles. The maximum atomic E-state index is 2.35. The summed E-state index contributed by atoms with van der Waals surface area (Å²) in [5.74, 6) is 1.19. The fraction of sp³-hybridized carbons (Fsp3) is 0.571. The molecule has 84 valence electrons. The highest BCUT2D eigenvalue weighted by molar-refractivity contribution is 5.55. The lowest BCUT2D eigenvalue weighted by Crippen LogP contribution is -2.12. The highest BCUT2D eigenvalue weighted by Gasteiger charge is 2.10. The Labute approximate surface area is 94.1 Å². The van der Waals surface area contributed by atoms with E-state index in [0.717, 1.165) is 0 Å². The Hall–Kier alpha value is -0.980. The van der Waals surface area contributed by atoms with E-state index in [2.05, 4.69) is 64.9 Å². The average Bonchev–Trinajstić information content (AvgIpc) is 2.16. The molecule has 0 amide bonds. The SMILES string of the molecule is CC(C)c1ccc(N(C)C)c(C(C)C)c1. The van der Waals surface area contributed by atoms with Crippen LogP contribution >= 0.6 is 0 Å². The van der Waals surface area contributed by atoms with Crippen molar-refractivity contribution in [2.75, 3.05) is 19.0 Å². The first-order valence-corrected chi connectivity index (χ1v) is 5.74. The van der Waals surface area contributed by atoms with Gasteiger partial charge in [0.2, 0.25) is 0 Å². The van der Waals surface area contributed by atoms with Gasteiger partial charge in [-0.15, -0.1) is 0 Å². The summed E-state index contributed by atoms with van der Waals surface area (Å²) >= 11 is 0. The number of anilines is 1. The van der Waals surface area contributed by atoms with Gasteiger partial charge in [0.25, 0.3) is 0 Å². The van der Waals surface area contributed by atoms with Crippen LogP contribution in [-0.4, -0.2) is 14.1 Å². The summed E-state index contributed by atoms with van der Waals surface area (Å²) in [4.78, 5) is 2.19. The molecule has 1 heteroatoms. The van der Waals surface area contributed by atoms with Gasteiger partial charge >= 0.3 is 0 Å². The topological polar surface area (TPSA) is 3.24 Å². The molecule has 0 atom stereocenters. The molecule has 1 nitrogen and oxygen atoms in total. The van der Waals surface area contributed by atoms with Crippen LogP contribution in [0.2, 0.25) is 0 Å². The van der Waals surface area contributed by atoms with E-state index in [9.17, 15) is 0 Å². The van der Waals surface area contributed by atoms with Crippen LogP contribution in [0, 0.1) is 0 Å². The lowest BCUT2D eigenvalue weighted by Gasteiger charge is -2.21. The zero-order valence-electron chi connectivity index (χ0n) is 10.8. The Bertz CT molecular complexity index is 324. The zero-order valence-corrected chi connectivity index (χ0v) is 10.8. The molecule has 0 aliphatic rings. The molecular weight excluding hydrogens is 182 g/mol. The minimum Gasteiger partial charge on any atom is -0.377 e. The van der Waals surface area contributed by atoms with Gasteiger partial charge in [0.15, 0.2) is 0 Å². The molecule has 1 rings (SSSR count). The fourth-order valence-corrected chi connectivity index (χ4v) is 1.80. The zero-order chi connectivity index (χ0) is 11.6. The van der Waals surface area contributed by atoms with Gasteiger partial charge < -0.3 is 4.90 Å². The van der Waals surface area contributed by atoms with Crippen molar-refractivity contribution in [3.63, 3.8) is 0 Å². The second kappa shape index (κ2) is 4.69. The molecule has 0 radical (unpaired) electrons. The van der Waals surface area contributed by atoms with Crippen molar-refractivity contribution >= 4 is 5.69 Å². The first-order valence-electron chi connectivity index (χ1n) is 5.74. The van der Waals surface area contributed by atoms with Crippen LogP contribution < -0.4 is 4.90 Å². The van der Waals surface area contributed by atoms with E-state index in [0.29, 0.717) is 11.8 Å².